The van der Waals surface area contributed by atoms with Crippen LogP contribution in [-0.4, -0.2) is 40.1 Å². The van der Waals surface area contributed by atoms with Crippen LogP contribution >= 0.6 is 0 Å². The van der Waals surface area contributed by atoms with Crippen molar-refractivity contribution in [3.8, 4) is 5.75 Å². The zero-order valence-corrected chi connectivity index (χ0v) is 13.4. The maximum Gasteiger partial charge on any atom is 0.326 e. The molecular formula is C18H23NO4. The SMILES string of the molecule is C[C@@H](C(=O)O)N1C(=O)[C@H](Oc2ccccc2)[C@@H]1C1CCCCC1. The maximum atomic E-state index is 12.5. The third-order valence-electron chi connectivity index (χ3n) is 5.04. The van der Waals surface area contributed by atoms with Crippen molar-refractivity contribution in [1.82, 2.24) is 4.90 Å². The smallest absolute Gasteiger partial charge is 0.326 e. The Hall–Kier alpha value is -2.04. The molecule has 2 fully saturated rings. The van der Waals surface area contributed by atoms with E-state index in [4.69, 9.17) is 4.74 Å². The molecule has 0 unspecified atom stereocenters. The summed E-state index contributed by atoms with van der Waals surface area (Å²) in [6.45, 7) is 1.58. The molecule has 3 rings (SSSR count). The lowest BCUT2D eigenvalue weighted by atomic mass is 9.76. The standard InChI is InChI=1S/C18H23NO4/c1-12(18(21)22)19-15(13-8-4-2-5-9-13)16(17(19)20)23-14-10-6-3-7-11-14/h3,6-7,10-13,15-16H,2,4-5,8-9H2,1H3,(H,21,22)/t12-,15-,16+/m0/s1. The van der Waals surface area contributed by atoms with Gasteiger partial charge in [0.1, 0.15) is 11.8 Å². The van der Waals surface area contributed by atoms with Crippen molar-refractivity contribution >= 4 is 11.9 Å². The minimum atomic E-state index is -0.961. The van der Waals surface area contributed by atoms with Crippen LogP contribution in [-0.2, 0) is 9.59 Å². The molecular weight excluding hydrogens is 294 g/mol. The number of likely N-dealkylation sites (tertiary alicyclic amines) is 1. The first-order valence-corrected chi connectivity index (χ1v) is 8.36. The van der Waals surface area contributed by atoms with Crippen molar-refractivity contribution in [2.45, 2.75) is 57.2 Å². The molecule has 5 nitrogen and oxygen atoms in total. The number of carbonyl (C=O) groups excluding carboxylic acids is 1. The molecule has 1 heterocycles. The predicted octanol–water partition coefficient (Wildman–Crippen LogP) is 2.70. The summed E-state index contributed by atoms with van der Waals surface area (Å²) in [5.74, 6) is -0.178. The summed E-state index contributed by atoms with van der Waals surface area (Å²) in [7, 11) is 0. The van der Waals surface area contributed by atoms with Crippen LogP contribution in [0.15, 0.2) is 30.3 Å². The molecule has 1 N–H and O–H groups in total. The van der Waals surface area contributed by atoms with Gasteiger partial charge in [0.2, 0.25) is 0 Å². The number of para-hydroxylation sites is 1. The van der Waals surface area contributed by atoms with Crippen molar-refractivity contribution in [1.29, 1.82) is 0 Å². The van der Waals surface area contributed by atoms with Crippen LogP contribution in [0.2, 0.25) is 0 Å². The third-order valence-corrected chi connectivity index (χ3v) is 5.04. The van der Waals surface area contributed by atoms with Crippen molar-refractivity contribution in [2.75, 3.05) is 0 Å². The summed E-state index contributed by atoms with van der Waals surface area (Å²) < 4.78 is 5.90. The largest absolute Gasteiger partial charge is 0.480 e. The van der Waals surface area contributed by atoms with Gasteiger partial charge in [-0.15, -0.1) is 0 Å². The number of carboxylic acid groups (broad SMARTS) is 1. The molecule has 3 atom stereocenters. The number of benzene rings is 1. The van der Waals surface area contributed by atoms with Gasteiger partial charge in [0, 0.05) is 0 Å². The number of hydrogen-bond acceptors (Lipinski definition) is 3. The van der Waals surface area contributed by atoms with Crippen LogP contribution in [0.5, 0.6) is 5.75 Å². The monoisotopic (exact) mass is 317 g/mol. The summed E-state index contributed by atoms with van der Waals surface area (Å²) in [6, 6.07) is 8.35. The van der Waals surface area contributed by atoms with E-state index in [1.54, 1.807) is 6.92 Å². The van der Waals surface area contributed by atoms with Crippen LogP contribution in [0.25, 0.3) is 0 Å². The summed E-state index contributed by atoms with van der Waals surface area (Å²) in [6.07, 6.45) is 5.02. The second kappa shape index (κ2) is 6.60. The number of hydrogen-bond donors (Lipinski definition) is 1. The van der Waals surface area contributed by atoms with Gasteiger partial charge in [0.15, 0.2) is 6.10 Å². The van der Waals surface area contributed by atoms with Crippen LogP contribution in [0, 0.1) is 5.92 Å². The molecule has 0 radical (unpaired) electrons. The van der Waals surface area contributed by atoms with E-state index < -0.39 is 18.1 Å². The molecule has 0 aromatic heterocycles. The van der Waals surface area contributed by atoms with Crippen molar-refractivity contribution in [3.05, 3.63) is 30.3 Å². The zero-order chi connectivity index (χ0) is 16.4. The van der Waals surface area contributed by atoms with E-state index in [1.165, 1.54) is 11.3 Å². The molecule has 1 saturated carbocycles. The predicted molar refractivity (Wildman–Crippen MR) is 85.2 cm³/mol. The van der Waals surface area contributed by atoms with E-state index in [9.17, 15) is 14.7 Å². The van der Waals surface area contributed by atoms with E-state index in [0.29, 0.717) is 11.7 Å². The number of ether oxygens (including phenoxy) is 1. The maximum absolute atomic E-state index is 12.5. The topological polar surface area (TPSA) is 66.8 Å². The zero-order valence-electron chi connectivity index (χ0n) is 13.4. The van der Waals surface area contributed by atoms with Gasteiger partial charge < -0.3 is 14.7 Å². The molecule has 2 aliphatic rings. The Kier molecular flexibility index (Phi) is 4.55. The van der Waals surface area contributed by atoms with Crippen molar-refractivity contribution < 1.29 is 19.4 Å². The Labute approximate surface area is 136 Å². The highest BCUT2D eigenvalue weighted by Gasteiger charge is 2.55. The van der Waals surface area contributed by atoms with Gasteiger partial charge >= 0.3 is 5.97 Å². The van der Waals surface area contributed by atoms with Crippen LogP contribution in [0.3, 0.4) is 0 Å². The van der Waals surface area contributed by atoms with Gasteiger partial charge in [-0.1, -0.05) is 37.5 Å². The van der Waals surface area contributed by atoms with Crippen molar-refractivity contribution in [3.63, 3.8) is 0 Å². The molecule has 1 aliphatic carbocycles. The van der Waals surface area contributed by atoms with Crippen LogP contribution in [0.1, 0.15) is 39.0 Å². The number of aliphatic carboxylic acids is 1. The summed E-state index contributed by atoms with van der Waals surface area (Å²) in [4.78, 5) is 25.4. The van der Waals surface area contributed by atoms with E-state index in [-0.39, 0.29) is 11.9 Å². The molecule has 23 heavy (non-hydrogen) atoms. The lowest BCUT2D eigenvalue weighted by molar-refractivity contribution is -0.180. The molecule has 1 aliphatic heterocycles. The van der Waals surface area contributed by atoms with E-state index in [2.05, 4.69) is 0 Å². The van der Waals surface area contributed by atoms with Crippen LogP contribution < -0.4 is 4.74 Å². The Balaban J connectivity index is 1.79. The number of amides is 1. The van der Waals surface area contributed by atoms with E-state index in [0.717, 1.165) is 25.7 Å². The Bertz CT molecular complexity index is 568. The Morgan fingerprint density at radius 2 is 1.87 bits per heavy atom. The quantitative estimate of drug-likeness (QED) is 0.848. The number of rotatable bonds is 5. The fourth-order valence-corrected chi connectivity index (χ4v) is 3.79. The minimum Gasteiger partial charge on any atom is -0.480 e. The second-order valence-corrected chi connectivity index (χ2v) is 6.50. The summed E-state index contributed by atoms with van der Waals surface area (Å²) in [5.41, 5.74) is 0. The van der Waals surface area contributed by atoms with Crippen LogP contribution in [0.4, 0.5) is 0 Å². The highest BCUT2D eigenvalue weighted by molar-refractivity contribution is 5.92. The van der Waals surface area contributed by atoms with Gasteiger partial charge in [0.05, 0.1) is 6.04 Å². The molecule has 0 bridgehead atoms. The fourth-order valence-electron chi connectivity index (χ4n) is 3.79. The first kappa shape index (κ1) is 15.8. The summed E-state index contributed by atoms with van der Waals surface area (Å²) in [5, 5.41) is 9.29. The molecule has 1 amide bonds. The highest BCUT2D eigenvalue weighted by Crippen LogP contribution is 2.39. The van der Waals surface area contributed by atoms with Gasteiger partial charge in [-0.3, -0.25) is 4.79 Å². The number of carbonyl (C=O) groups is 2. The van der Waals surface area contributed by atoms with Gasteiger partial charge in [0.25, 0.3) is 5.91 Å². The molecule has 124 valence electrons. The van der Waals surface area contributed by atoms with Crippen molar-refractivity contribution in [2.24, 2.45) is 5.92 Å². The molecule has 1 aromatic carbocycles. The summed E-state index contributed by atoms with van der Waals surface area (Å²) >= 11 is 0. The van der Waals surface area contributed by atoms with Gasteiger partial charge in [-0.2, -0.15) is 0 Å². The molecule has 1 aromatic rings. The Morgan fingerprint density at radius 1 is 1.22 bits per heavy atom. The fraction of sp³-hybridized carbons (Fsp3) is 0.556. The van der Waals surface area contributed by atoms with E-state index in [1.807, 2.05) is 30.3 Å². The Morgan fingerprint density at radius 3 is 2.48 bits per heavy atom. The number of carboxylic acids is 1. The average molecular weight is 317 g/mol. The van der Waals surface area contributed by atoms with Gasteiger partial charge in [-0.25, -0.2) is 4.79 Å². The normalized spacial score (nSPS) is 26.5. The number of β-lactam (4-membered cyclic amide) rings is 1. The first-order valence-electron chi connectivity index (χ1n) is 8.36. The molecule has 0 spiro atoms. The lowest BCUT2D eigenvalue weighted by Gasteiger charge is -2.52. The first-order chi connectivity index (χ1) is 11.1. The molecule has 1 saturated heterocycles. The average Bonchev–Trinajstić information content (AvgIpc) is 2.58. The lowest BCUT2D eigenvalue weighted by Crippen LogP contribution is -2.72. The minimum absolute atomic E-state index is 0.130. The van der Waals surface area contributed by atoms with E-state index >= 15 is 0 Å². The second-order valence-electron chi connectivity index (χ2n) is 6.50. The third kappa shape index (κ3) is 3.05. The molecule has 5 heteroatoms. The highest BCUT2D eigenvalue weighted by atomic mass is 16.5. The number of nitrogens with zero attached hydrogens (tertiary/aromatic N) is 1. The van der Waals surface area contributed by atoms with Gasteiger partial charge in [-0.05, 0) is 37.8 Å².